The Hall–Kier alpha value is -1.95. The van der Waals surface area contributed by atoms with E-state index < -0.39 is 0 Å². The van der Waals surface area contributed by atoms with Crippen LogP contribution in [0.3, 0.4) is 0 Å². The van der Waals surface area contributed by atoms with Crippen LogP contribution in [0.2, 0.25) is 0 Å². The summed E-state index contributed by atoms with van der Waals surface area (Å²) in [4.78, 5) is 31.1. The van der Waals surface area contributed by atoms with E-state index in [0.29, 0.717) is 13.0 Å². The van der Waals surface area contributed by atoms with E-state index in [1.54, 1.807) is 19.3 Å². The largest absolute Gasteiger partial charge is 0.352 e. The first kappa shape index (κ1) is 15.4. The smallest absolute Gasteiger partial charge is 0.221 e. The highest BCUT2D eigenvalue weighted by atomic mass is 16.2. The second kappa shape index (κ2) is 7.73. The SMILES string of the molecule is CC(=O)N1CCN(CCC(=O)NCc2ccncc2)CC1. The molecular weight excluding hydrogens is 268 g/mol. The summed E-state index contributed by atoms with van der Waals surface area (Å²) in [6.07, 6.45) is 3.93. The predicted molar refractivity (Wildman–Crippen MR) is 79.4 cm³/mol. The molecule has 2 amide bonds. The van der Waals surface area contributed by atoms with E-state index in [1.165, 1.54) is 0 Å². The van der Waals surface area contributed by atoms with Gasteiger partial charge < -0.3 is 10.2 Å². The van der Waals surface area contributed by atoms with E-state index in [9.17, 15) is 9.59 Å². The van der Waals surface area contributed by atoms with Crippen LogP contribution in [0, 0.1) is 0 Å². The molecule has 0 bridgehead atoms. The summed E-state index contributed by atoms with van der Waals surface area (Å²) in [5, 5.41) is 2.91. The Morgan fingerprint density at radius 1 is 1.19 bits per heavy atom. The first-order chi connectivity index (χ1) is 10.1. The second-order valence-electron chi connectivity index (χ2n) is 5.23. The van der Waals surface area contributed by atoms with Crippen molar-refractivity contribution in [3.8, 4) is 0 Å². The summed E-state index contributed by atoms with van der Waals surface area (Å²) >= 11 is 0. The number of hydrogen-bond donors (Lipinski definition) is 1. The molecular formula is C15H22N4O2. The molecule has 2 heterocycles. The van der Waals surface area contributed by atoms with Crippen LogP contribution in [-0.4, -0.2) is 59.3 Å². The van der Waals surface area contributed by atoms with Crippen molar-refractivity contribution in [1.82, 2.24) is 20.1 Å². The lowest BCUT2D eigenvalue weighted by Crippen LogP contribution is -2.48. The van der Waals surface area contributed by atoms with Crippen molar-refractivity contribution in [2.75, 3.05) is 32.7 Å². The van der Waals surface area contributed by atoms with Crippen LogP contribution in [0.4, 0.5) is 0 Å². The van der Waals surface area contributed by atoms with Crippen LogP contribution in [0.25, 0.3) is 0 Å². The fourth-order valence-electron chi connectivity index (χ4n) is 2.34. The minimum absolute atomic E-state index is 0.0563. The lowest BCUT2D eigenvalue weighted by Gasteiger charge is -2.34. The molecule has 1 aromatic rings. The zero-order chi connectivity index (χ0) is 15.1. The van der Waals surface area contributed by atoms with Crippen LogP contribution in [0.1, 0.15) is 18.9 Å². The Balaban J connectivity index is 1.62. The number of carbonyl (C=O) groups excluding carboxylic acids is 2. The number of amides is 2. The minimum Gasteiger partial charge on any atom is -0.352 e. The molecule has 1 aliphatic heterocycles. The Bertz CT molecular complexity index is 470. The zero-order valence-corrected chi connectivity index (χ0v) is 12.4. The summed E-state index contributed by atoms with van der Waals surface area (Å²) < 4.78 is 0. The molecule has 1 aromatic heterocycles. The third-order valence-electron chi connectivity index (χ3n) is 3.71. The fraction of sp³-hybridized carbons (Fsp3) is 0.533. The van der Waals surface area contributed by atoms with Gasteiger partial charge in [-0.2, -0.15) is 0 Å². The number of hydrogen-bond acceptors (Lipinski definition) is 4. The van der Waals surface area contributed by atoms with Crippen molar-refractivity contribution in [2.24, 2.45) is 0 Å². The molecule has 6 nitrogen and oxygen atoms in total. The molecule has 0 radical (unpaired) electrons. The van der Waals surface area contributed by atoms with Crippen LogP contribution < -0.4 is 5.32 Å². The van der Waals surface area contributed by atoms with Crippen molar-refractivity contribution in [3.63, 3.8) is 0 Å². The third-order valence-corrected chi connectivity index (χ3v) is 3.71. The molecule has 0 atom stereocenters. The van der Waals surface area contributed by atoms with E-state index in [1.807, 2.05) is 17.0 Å². The summed E-state index contributed by atoms with van der Waals surface area (Å²) in [5.74, 6) is 0.186. The topological polar surface area (TPSA) is 65.5 Å². The molecule has 6 heteroatoms. The minimum atomic E-state index is 0.0563. The molecule has 0 saturated carbocycles. The van der Waals surface area contributed by atoms with Crippen LogP contribution in [0.15, 0.2) is 24.5 Å². The standard InChI is InChI=1S/C15H22N4O2/c1-13(20)19-10-8-18(9-11-19)7-4-15(21)17-12-14-2-5-16-6-3-14/h2-3,5-6H,4,7-12H2,1H3,(H,17,21). The number of carbonyl (C=O) groups is 2. The van der Waals surface area contributed by atoms with Gasteiger partial charge in [0.05, 0.1) is 0 Å². The van der Waals surface area contributed by atoms with E-state index in [-0.39, 0.29) is 11.8 Å². The van der Waals surface area contributed by atoms with Gasteiger partial charge in [-0.25, -0.2) is 0 Å². The Morgan fingerprint density at radius 3 is 2.48 bits per heavy atom. The van der Waals surface area contributed by atoms with Gasteiger partial charge in [-0.1, -0.05) is 0 Å². The summed E-state index contributed by atoms with van der Waals surface area (Å²) in [5.41, 5.74) is 1.05. The highest BCUT2D eigenvalue weighted by Gasteiger charge is 2.18. The lowest BCUT2D eigenvalue weighted by molar-refractivity contribution is -0.131. The maximum atomic E-state index is 11.8. The van der Waals surface area contributed by atoms with Crippen molar-refractivity contribution >= 4 is 11.8 Å². The van der Waals surface area contributed by atoms with Crippen molar-refractivity contribution in [1.29, 1.82) is 0 Å². The van der Waals surface area contributed by atoms with Gasteiger partial charge in [0.15, 0.2) is 0 Å². The number of pyridine rings is 1. The number of rotatable bonds is 5. The molecule has 1 aliphatic rings. The molecule has 2 rings (SSSR count). The maximum Gasteiger partial charge on any atom is 0.221 e. The summed E-state index contributed by atoms with van der Waals surface area (Å²) in [6.45, 7) is 6.09. The number of nitrogens with one attached hydrogen (secondary N) is 1. The van der Waals surface area contributed by atoms with Gasteiger partial charge in [-0.15, -0.1) is 0 Å². The molecule has 114 valence electrons. The number of aromatic nitrogens is 1. The number of piperazine rings is 1. The van der Waals surface area contributed by atoms with Crippen molar-refractivity contribution < 1.29 is 9.59 Å². The average molecular weight is 290 g/mol. The van der Waals surface area contributed by atoms with Gasteiger partial charge in [0, 0.05) is 65.0 Å². The van der Waals surface area contributed by atoms with Gasteiger partial charge in [0.2, 0.25) is 11.8 Å². The van der Waals surface area contributed by atoms with E-state index >= 15 is 0 Å². The average Bonchev–Trinajstić information content (AvgIpc) is 2.52. The second-order valence-corrected chi connectivity index (χ2v) is 5.23. The van der Waals surface area contributed by atoms with Gasteiger partial charge in [0.1, 0.15) is 0 Å². The van der Waals surface area contributed by atoms with Crippen molar-refractivity contribution in [2.45, 2.75) is 19.9 Å². The Labute approximate surface area is 125 Å². The number of nitrogens with zero attached hydrogens (tertiary/aromatic N) is 3. The lowest BCUT2D eigenvalue weighted by atomic mass is 10.2. The van der Waals surface area contributed by atoms with E-state index in [0.717, 1.165) is 38.3 Å². The molecule has 0 spiro atoms. The highest BCUT2D eigenvalue weighted by molar-refractivity contribution is 5.76. The zero-order valence-electron chi connectivity index (χ0n) is 12.4. The molecule has 21 heavy (non-hydrogen) atoms. The first-order valence-electron chi connectivity index (χ1n) is 7.28. The van der Waals surface area contributed by atoms with Gasteiger partial charge in [0.25, 0.3) is 0 Å². The van der Waals surface area contributed by atoms with Gasteiger partial charge in [-0.05, 0) is 17.7 Å². The van der Waals surface area contributed by atoms with Crippen LogP contribution >= 0.6 is 0 Å². The molecule has 1 saturated heterocycles. The molecule has 1 N–H and O–H groups in total. The van der Waals surface area contributed by atoms with Crippen molar-refractivity contribution in [3.05, 3.63) is 30.1 Å². The van der Waals surface area contributed by atoms with E-state index in [4.69, 9.17) is 0 Å². The van der Waals surface area contributed by atoms with Gasteiger partial charge in [-0.3, -0.25) is 19.5 Å². The molecule has 0 aromatic carbocycles. The maximum absolute atomic E-state index is 11.8. The first-order valence-corrected chi connectivity index (χ1v) is 7.28. The monoisotopic (exact) mass is 290 g/mol. The fourth-order valence-corrected chi connectivity index (χ4v) is 2.34. The Morgan fingerprint density at radius 2 is 1.86 bits per heavy atom. The normalized spacial score (nSPS) is 15.8. The quantitative estimate of drug-likeness (QED) is 0.844. The molecule has 0 unspecified atom stereocenters. The summed E-state index contributed by atoms with van der Waals surface area (Å²) in [6, 6.07) is 3.78. The van der Waals surface area contributed by atoms with Crippen LogP contribution in [-0.2, 0) is 16.1 Å². The molecule has 0 aliphatic carbocycles. The van der Waals surface area contributed by atoms with Gasteiger partial charge >= 0.3 is 0 Å². The third kappa shape index (κ3) is 5.15. The Kier molecular flexibility index (Phi) is 5.68. The van der Waals surface area contributed by atoms with E-state index in [2.05, 4.69) is 15.2 Å². The highest BCUT2D eigenvalue weighted by Crippen LogP contribution is 2.03. The van der Waals surface area contributed by atoms with Crippen LogP contribution in [0.5, 0.6) is 0 Å². The summed E-state index contributed by atoms with van der Waals surface area (Å²) in [7, 11) is 0. The predicted octanol–water partition coefficient (Wildman–Crippen LogP) is 0.252. The molecule has 1 fully saturated rings.